The third kappa shape index (κ3) is 2.10. The molecule has 0 saturated heterocycles. The molecule has 1 heterocycles. The van der Waals surface area contributed by atoms with E-state index in [2.05, 4.69) is 43.7 Å². The number of ether oxygens (including phenoxy) is 1. The van der Waals surface area contributed by atoms with Crippen LogP contribution in [-0.2, 0) is 0 Å². The van der Waals surface area contributed by atoms with E-state index < -0.39 is 0 Å². The first-order valence-corrected chi connectivity index (χ1v) is 6.47. The summed E-state index contributed by atoms with van der Waals surface area (Å²) in [7, 11) is 1.70. The van der Waals surface area contributed by atoms with Crippen LogP contribution in [0.25, 0.3) is 10.9 Å². The fourth-order valence-corrected chi connectivity index (χ4v) is 2.33. The van der Waals surface area contributed by atoms with Gasteiger partial charge in [0.05, 0.1) is 7.11 Å². The van der Waals surface area contributed by atoms with E-state index >= 15 is 0 Å². The minimum absolute atomic E-state index is 0.361. The molecule has 0 aliphatic carbocycles. The summed E-state index contributed by atoms with van der Waals surface area (Å²) >= 11 is 0. The monoisotopic (exact) mass is 246 g/mol. The highest BCUT2D eigenvalue weighted by Gasteiger charge is 2.15. The summed E-state index contributed by atoms with van der Waals surface area (Å²) in [6.07, 6.45) is 2.23. The number of benzene rings is 1. The zero-order chi connectivity index (χ0) is 13.3. The Hall–Kier alpha value is -1.48. The van der Waals surface area contributed by atoms with Gasteiger partial charge in [0.25, 0.3) is 0 Å². The molecule has 98 valence electrons. The van der Waals surface area contributed by atoms with Crippen molar-refractivity contribution in [2.24, 2.45) is 5.73 Å². The molecule has 0 fully saturated rings. The second kappa shape index (κ2) is 5.02. The summed E-state index contributed by atoms with van der Waals surface area (Å²) in [6, 6.07) is 6.69. The average Bonchev–Trinajstić information content (AvgIpc) is 2.76. The SMILES string of the molecule is COc1ccc2c(c1)c(C(C)CN)cn2C(C)C. The van der Waals surface area contributed by atoms with Gasteiger partial charge in [-0.1, -0.05) is 6.92 Å². The van der Waals surface area contributed by atoms with Gasteiger partial charge in [-0.15, -0.1) is 0 Å². The van der Waals surface area contributed by atoms with Gasteiger partial charge in [0.1, 0.15) is 5.75 Å². The lowest BCUT2D eigenvalue weighted by Crippen LogP contribution is -2.08. The molecule has 0 radical (unpaired) electrons. The van der Waals surface area contributed by atoms with Gasteiger partial charge in [-0.2, -0.15) is 0 Å². The fourth-order valence-electron chi connectivity index (χ4n) is 2.33. The maximum Gasteiger partial charge on any atom is 0.119 e. The smallest absolute Gasteiger partial charge is 0.119 e. The maximum atomic E-state index is 5.81. The molecular formula is C15H22N2O. The molecule has 0 aliphatic rings. The predicted molar refractivity (Wildman–Crippen MR) is 76.3 cm³/mol. The van der Waals surface area contributed by atoms with Crippen LogP contribution in [0.5, 0.6) is 5.75 Å². The maximum absolute atomic E-state index is 5.81. The standard InChI is InChI=1S/C15H22N2O/c1-10(2)17-9-14(11(3)8-16)13-7-12(18-4)5-6-15(13)17/h5-7,9-11H,8,16H2,1-4H3. The van der Waals surface area contributed by atoms with Crippen LogP contribution in [0.3, 0.4) is 0 Å². The molecule has 0 spiro atoms. The fraction of sp³-hybridized carbons (Fsp3) is 0.467. The Morgan fingerprint density at radius 1 is 1.28 bits per heavy atom. The second-order valence-electron chi connectivity index (χ2n) is 5.11. The molecule has 1 aromatic heterocycles. The van der Waals surface area contributed by atoms with Crippen molar-refractivity contribution < 1.29 is 4.74 Å². The number of nitrogens with two attached hydrogens (primary N) is 1. The first-order valence-electron chi connectivity index (χ1n) is 6.47. The number of nitrogens with zero attached hydrogens (tertiary/aromatic N) is 1. The highest BCUT2D eigenvalue weighted by Crippen LogP contribution is 2.32. The Morgan fingerprint density at radius 3 is 2.56 bits per heavy atom. The van der Waals surface area contributed by atoms with E-state index in [9.17, 15) is 0 Å². The molecule has 1 unspecified atom stereocenters. The van der Waals surface area contributed by atoms with Crippen molar-refractivity contribution in [1.29, 1.82) is 0 Å². The van der Waals surface area contributed by atoms with Gasteiger partial charge in [-0.3, -0.25) is 0 Å². The third-order valence-corrected chi connectivity index (χ3v) is 3.51. The molecule has 3 nitrogen and oxygen atoms in total. The molecule has 3 heteroatoms. The molecule has 18 heavy (non-hydrogen) atoms. The van der Waals surface area contributed by atoms with Crippen LogP contribution in [0, 0.1) is 0 Å². The van der Waals surface area contributed by atoms with E-state index in [0.29, 0.717) is 18.5 Å². The van der Waals surface area contributed by atoms with Gasteiger partial charge in [0.15, 0.2) is 0 Å². The van der Waals surface area contributed by atoms with Gasteiger partial charge < -0.3 is 15.0 Å². The van der Waals surface area contributed by atoms with Gasteiger partial charge in [-0.25, -0.2) is 0 Å². The van der Waals surface area contributed by atoms with Crippen LogP contribution >= 0.6 is 0 Å². The van der Waals surface area contributed by atoms with E-state index in [4.69, 9.17) is 10.5 Å². The highest BCUT2D eigenvalue weighted by molar-refractivity contribution is 5.86. The molecule has 0 amide bonds. The lowest BCUT2D eigenvalue weighted by molar-refractivity contribution is 0.415. The third-order valence-electron chi connectivity index (χ3n) is 3.51. The molecular weight excluding hydrogens is 224 g/mol. The molecule has 2 rings (SSSR count). The molecule has 0 saturated carbocycles. The molecule has 2 aromatic rings. The van der Waals surface area contributed by atoms with Crippen molar-refractivity contribution >= 4 is 10.9 Å². The Kier molecular flexibility index (Phi) is 3.62. The zero-order valence-corrected chi connectivity index (χ0v) is 11.6. The van der Waals surface area contributed by atoms with Gasteiger partial charge >= 0.3 is 0 Å². The number of rotatable bonds is 4. The number of methoxy groups -OCH3 is 1. The lowest BCUT2D eigenvalue weighted by Gasteiger charge is -2.09. The molecule has 0 bridgehead atoms. The number of aromatic nitrogens is 1. The van der Waals surface area contributed by atoms with Crippen LogP contribution in [-0.4, -0.2) is 18.2 Å². The molecule has 0 aliphatic heterocycles. The van der Waals surface area contributed by atoms with Crippen LogP contribution in [0.2, 0.25) is 0 Å². The van der Waals surface area contributed by atoms with Gasteiger partial charge in [0.2, 0.25) is 0 Å². The molecule has 1 aromatic carbocycles. The Balaban J connectivity index is 2.68. The Morgan fingerprint density at radius 2 is 2.00 bits per heavy atom. The molecule has 1 atom stereocenters. The van der Waals surface area contributed by atoms with Crippen molar-refractivity contribution in [1.82, 2.24) is 4.57 Å². The van der Waals surface area contributed by atoms with Gasteiger partial charge in [-0.05, 0) is 50.1 Å². The minimum atomic E-state index is 0.361. The first kappa shape index (κ1) is 13.0. The second-order valence-corrected chi connectivity index (χ2v) is 5.11. The molecule has 2 N–H and O–H groups in total. The Bertz CT molecular complexity index is 543. The normalized spacial score (nSPS) is 13.2. The van der Waals surface area contributed by atoms with E-state index in [-0.39, 0.29) is 0 Å². The van der Waals surface area contributed by atoms with Crippen molar-refractivity contribution in [3.05, 3.63) is 30.0 Å². The predicted octanol–water partition coefficient (Wildman–Crippen LogP) is 3.29. The summed E-state index contributed by atoms with van der Waals surface area (Å²) in [5.74, 6) is 1.26. The minimum Gasteiger partial charge on any atom is -0.497 e. The van der Waals surface area contributed by atoms with Crippen molar-refractivity contribution in [3.8, 4) is 5.75 Å². The van der Waals surface area contributed by atoms with Gasteiger partial charge in [0, 0.05) is 23.1 Å². The van der Waals surface area contributed by atoms with Crippen LogP contribution in [0.15, 0.2) is 24.4 Å². The largest absolute Gasteiger partial charge is 0.497 e. The summed E-state index contributed by atoms with van der Waals surface area (Å²) < 4.78 is 7.62. The zero-order valence-electron chi connectivity index (χ0n) is 11.6. The van der Waals surface area contributed by atoms with Crippen LogP contribution in [0.1, 0.15) is 38.3 Å². The number of hydrogen-bond donors (Lipinski definition) is 1. The Labute approximate surface area is 109 Å². The van der Waals surface area contributed by atoms with Crippen molar-refractivity contribution in [2.45, 2.75) is 32.7 Å². The quantitative estimate of drug-likeness (QED) is 0.899. The van der Waals surface area contributed by atoms with E-state index in [1.54, 1.807) is 7.11 Å². The summed E-state index contributed by atoms with van der Waals surface area (Å²) in [5, 5.41) is 1.25. The van der Waals surface area contributed by atoms with E-state index in [0.717, 1.165) is 5.75 Å². The summed E-state index contributed by atoms with van der Waals surface area (Å²) in [4.78, 5) is 0. The number of fused-ring (bicyclic) bond motifs is 1. The van der Waals surface area contributed by atoms with E-state index in [1.165, 1.54) is 16.5 Å². The summed E-state index contributed by atoms with van der Waals surface area (Å²) in [5.41, 5.74) is 8.37. The van der Waals surface area contributed by atoms with Crippen molar-refractivity contribution in [3.63, 3.8) is 0 Å². The number of hydrogen-bond acceptors (Lipinski definition) is 2. The topological polar surface area (TPSA) is 40.2 Å². The average molecular weight is 246 g/mol. The van der Waals surface area contributed by atoms with E-state index in [1.807, 2.05) is 6.07 Å². The summed E-state index contributed by atoms with van der Waals surface area (Å²) in [6.45, 7) is 7.22. The van der Waals surface area contributed by atoms with Crippen LogP contribution in [0.4, 0.5) is 0 Å². The first-order chi connectivity index (χ1) is 8.58. The van der Waals surface area contributed by atoms with Crippen molar-refractivity contribution in [2.75, 3.05) is 13.7 Å². The highest BCUT2D eigenvalue weighted by atomic mass is 16.5. The lowest BCUT2D eigenvalue weighted by atomic mass is 10.0. The van der Waals surface area contributed by atoms with Crippen LogP contribution < -0.4 is 10.5 Å².